The highest BCUT2D eigenvalue weighted by atomic mass is 16.5. The summed E-state index contributed by atoms with van der Waals surface area (Å²) in [5, 5.41) is 2.79. The molecule has 0 saturated carbocycles. The van der Waals surface area contributed by atoms with Crippen LogP contribution in [0.4, 0.5) is 5.69 Å². The number of aromatic nitrogens is 2. The fourth-order valence-electron chi connectivity index (χ4n) is 2.15. The second-order valence-electron chi connectivity index (χ2n) is 5.56. The van der Waals surface area contributed by atoms with E-state index >= 15 is 0 Å². The zero-order valence-electron chi connectivity index (χ0n) is 14.1. The van der Waals surface area contributed by atoms with E-state index in [1.165, 1.54) is 12.4 Å². The topological polar surface area (TPSA) is 81.2 Å². The molecule has 24 heavy (non-hydrogen) atoms. The summed E-state index contributed by atoms with van der Waals surface area (Å²) < 4.78 is 4.98. The predicted octanol–water partition coefficient (Wildman–Crippen LogP) is 3.09. The van der Waals surface area contributed by atoms with Crippen molar-refractivity contribution in [3.63, 3.8) is 0 Å². The molecule has 0 aliphatic heterocycles. The van der Waals surface area contributed by atoms with Crippen molar-refractivity contribution in [1.82, 2.24) is 9.97 Å². The van der Waals surface area contributed by atoms with Crippen LogP contribution in [0, 0.1) is 6.92 Å². The number of hydrogen-bond donors (Lipinski definition) is 1. The molecule has 1 unspecified atom stereocenters. The monoisotopic (exact) mass is 327 g/mol. The van der Waals surface area contributed by atoms with Crippen LogP contribution in [0.25, 0.3) is 0 Å². The molecule has 2 rings (SSSR count). The Morgan fingerprint density at radius 1 is 1.21 bits per heavy atom. The lowest BCUT2D eigenvalue weighted by Crippen LogP contribution is -2.22. The van der Waals surface area contributed by atoms with Gasteiger partial charge in [-0.05, 0) is 30.9 Å². The van der Waals surface area contributed by atoms with E-state index in [-0.39, 0.29) is 18.2 Å². The predicted molar refractivity (Wildman–Crippen MR) is 90.8 cm³/mol. The van der Waals surface area contributed by atoms with Crippen molar-refractivity contribution in [1.29, 1.82) is 0 Å². The summed E-state index contributed by atoms with van der Waals surface area (Å²) in [4.78, 5) is 31.8. The Morgan fingerprint density at radius 2 is 1.96 bits per heavy atom. The van der Waals surface area contributed by atoms with Crippen molar-refractivity contribution in [3.8, 4) is 0 Å². The van der Waals surface area contributed by atoms with Crippen molar-refractivity contribution in [2.75, 3.05) is 11.9 Å². The van der Waals surface area contributed by atoms with E-state index in [4.69, 9.17) is 4.74 Å². The quantitative estimate of drug-likeness (QED) is 0.825. The summed E-state index contributed by atoms with van der Waals surface area (Å²) in [5.41, 5.74) is 2.58. The van der Waals surface area contributed by atoms with Crippen LogP contribution in [-0.2, 0) is 9.53 Å². The molecule has 1 amide bonds. The molecular weight excluding hydrogens is 306 g/mol. The van der Waals surface area contributed by atoms with Crippen molar-refractivity contribution < 1.29 is 14.3 Å². The maximum Gasteiger partial charge on any atom is 0.359 e. The van der Waals surface area contributed by atoms with Gasteiger partial charge in [-0.15, -0.1) is 0 Å². The van der Waals surface area contributed by atoms with Crippen LogP contribution in [0.3, 0.4) is 0 Å². The maximum absolute atomic E-state index is 12.0. The first-order valence-electron chi connectivity index (χ1n) is 7.85. The van der Waals surface area contributed by atoms with Gasteiger partial charge in [-0.3, -0.25) is 9.78 Å². The second-order valence-corrected chi connectivity index (χ2v) is 5.56. The molecule has 6 heteroatoms. The molecule has 0 aliphatic rings. The van der Waals surface area contributed by atoms with E-state index in [0.29, 0.717) is 11.6 Å². The third kappa shape index (κ3) is 4.62. The molecule has 0 aliphatic carbocycles. The van der Waals surface area contributed by atoms with Gasteiger partial charge in [0.25, 0.3) is 5.91 Å². The van der Waals surface area contributed by atoms with Gasteiger partial charge in [0.2, 0.25) is 0 Å². The number of carbonyl (C=O) groups is 2. The summed E-state index contributed by atoms with van der Waals surface area (Å²) in [6.45, 7) is 5.59. The number of esters is 1. The molecular formula is C18H21N3O3. The van der Waals surface area contributed by atoms with Crippen LogP contribution in [0.5, 0.6) is 0 Å². The van der Waals surface area contributed by atoms with Crippen molar-refractivity contribution in [2.45, 2.75) is 33.1 Å². The third-order valence-corrected chi connectivity index (χ3v) is 3.70. The fourth-order valence-corrected chi connectivity index (χ4v) is 2.15. The van der Waals surface area contributed by atoms with E-state index in [1.54, 1.807) is 6.92 Å². The molecule has 0 saturated heterocycles. The van der Waals surface area contributed by atoms with Crippen LogP contribution in [0.15, 0.2) is 36.7 Å². The van der Waals surface area contributed by atoms with Crippen LogP contribution in [0.2, 0.25) is 0 Å². The molecule has 1 aromatic carbocycles. The SMILES string of the molecule is CCC(C)c1ccccc1NC(=O)COC(=O)c1cnc(C)cn1. The molecule has 2 aromatic rings. The molecule has 0 fully saturated rings. The van der Waals surface area contributed by atoms with Gasteiger partial charge in [0.15, 0.2) is 12.3 Å². The normalized spacial score (nSPS) is 11.6. The minimum Gasteiger partial charge on any atom is -0.451 e. The van der Waals surface area contributed by atoms with Gasteiger partial charge < -0.3 is 10.1 Å². The minimum absolute atomic E-state index is 0.0772. The Morgan fingerprint density at radius 3 is 2.62 bits per heavy atom. The molecule has 0 spiro atoms. The third-order valence-electron chi connectivity index (χ3n) is 3.70. The molecule has 1 atom stereocenters. The highest BCUT2D eigenvalue weighted by molar-refractivity contribution is 5.95. The Labute approximate surface area is 141 Å². The van der Waals surface area contributed by atoms with E-state index in [2.05, 4.69) is 29.1 Å². The van der Waals surface area contributed by atoms with Crippen molar-refractivity contribution >= 4 is 17.6 Å². The first-order valence-corrected chi connectivity index (χ1v) is 7.85. The maximum atomic E-state index is 12.0. The Kier molecular flexibility index (Phi) is 6.01. The number of aryl methyl sites for hydroxylation is 1. The summed E-state index contributed by atoms with van der Waals surface area (Å²) in [5.74, 6) is -0.737. The number of nitrogens with one attached hydrogen (secondary N) is 1. The van der Waals surface area contributed by atoms with E-state index in [0.717, 1.165) is 17.7 Å². The minimum atomic E-state index is -0.673. The lowest BCUT2D eigenvalue weighted by molar-refractivity contribution is -0.119. The highest BCUT2D eigenvalue weighted by Gasteiger charge is 2.14. The average Bonchev–Trinajstić information content (AvgIpc) is 2.60. The Bertz CT molecular complexity index is 714. The largest absolute Gasteiger partial charge is 0.451 e. The number of rotatable bonds is 6. The van der Waals surface area contributed by atoms with Gasteiger partial charge in [-0.25, -0.2) is 9.78 Å². The highest BCUT2D eigenvalue weighted by Crippen LogP contribution is 2.26. The molecule has 1 aromatic heterocycles. The molecule has 1 N–H and O–H groups in total. The van der Waals surface area contributed by atoms with Gasteiger partial charge >= 0.3 is 5.97 Å². The lowest BCUT2D eigenvalue weighted by atomic mass is 9.97. The Hall–Kier alpha value is -2.76. The first kappa shape index (κ1) is 17.6. The van der Waals surface area contributed by atoms with Crippen LogP contribution in [0.1, 0.15) is 47.9 Å². The van der Waals surface area contributed by atoms with Gasteiger partial charge in [0.1, 0.15) is 0 Å². The van der Waals surface area contributed by atoms with Gasteiger partial charge in [-0.1, -0.05) is 32.0 Å². The second kappa shape index (κ2) is 8.19. The van der Waals surface area contributed by atoms with E-state index in [9.17, 15) is 9.59 Å². The summed E-state index contributed by atoms with van der Waals surface area (Å²) >= 11 is 0. The molecule has 0 radical (unpaired) electrons. The van der Waals surface area contributed by atoms with E-state index in [1.807, 2.05) is 24.3 Å². The smallest absolute Gasteiger partial charge is 0.359 e. The number of amides is 1. The summed E-state index contributed by atoms with van der Waals surface area (Å²) in [7, 11) is 0. The van der Waals surface area contributed by atoms with Crippen molar-refractivity contribution in [3.05, 3.63) is 53.6 Å². The van der Waals surface area contributed by atoms with Crippen LogP contribution >= 0.6 is 0 Å². The molecule has 1 heterocycles. The number of anilines is 1. The number of benzene rings is 1. The Balaban J connectivity index is 1.94. The average molecular weight is 327 g/mol. The van der Waals surface area contributed by atoms with E-state index < -0.39 is 5.97 Å². The number of nitrogens with zero attached hydrogens (tertiary/aromatic N) is 2. The number of ether oxygens (including phenoxy) is 1. The first-order chi connectivity index (χ1) is 11.5. The molecule has 6 nitrogen and oxygen atoms in total. The number of para-hydroxylation sites is 1. The van der Waals surface area contributed by atoms with Crippen molar-refractivity contribution in [2.24, 2.45) is 0 Å². The van der Waals surface area contributed by atoms with Crippen LogP contribution in [-0.4, -0.2) is 28.5 Å². The zero-order valence-corrected chi connectivity index (χ0v) is 14.1. The lowest BCUT2D eigenvalue weighted by Gasteiger charge is -2.15. The molecule has 0 bridgehead atoms. The van der Waals surface area contributed by atoms with Gasteiger partial charge in [0.05, 0.1) is 11.9 Å². The number of carbonyl (C=O) groups excluding carboxylic acids is 2. The zero-order chi connectivity index (χ0) is 17.5. The summed E-state index contributed by atoms with van der Waals surface area (Å²) in [6, 6.07) is 7.62. The molecule has 126 valence electrons. The van der Waals surface area contributed by atoms with Gasteiger partial charge in [0, 0.05) is 11.9 Å². The standard InChI is InChI=1S/C18H21N3O3/c1-4-12(2)14-7-5-6-8-15(14)21-17(22)11-24-18(23)16-10-19-13(3)9-20-16/h5-10,12H,4,11H2,1-3H3,(H,21,22). The summed E-state index contributed by atoms with van der Waals surface area (Å²) in [6.07, 6.45) is 3.76. The van der Waals surface area contributed by atoms with Gasteiger partial charge in [-0.2, -0.15) is 0 Å². The fraction of sp³-hybridized carbons (Fsp3) is 0.333. The van der Waals surface area contributed by atoms with Crippen LogP contribution < -0.4 is 5.32 Å². The number of hydrogen-bond acceptors (Lipinski definition) is 5.